The quantitative estimate of drug-likeness (QED) is 0.617. The SMILES string of the molecule is Cc1nccn1Cc1ccc(C(=O)N[C@H](C)c2ccc(N3CCC[C@H](C)C3)cc2)cc1. The summed E-state index contributed by atoms with van der Waals surface area (Å²) in [4.78, 5) is 19.4. The lowest BCUT2D eigenvalue weighted by Crippen LogP contribution is -2.34. The van der Waals surface area contributed by atoms with Gasteiger partial charge < -0.3 is 14.8 Å². The number of aromatic nitrogens is 2. The monoisotopic (exact) mass is 416 g/mol. The second-order valence-electron chi connectivity index (χ2n) is 8.78. The Morgan fingerprint density at radius 2 is 1.90 bits per heavy atom. The molecule has 1 saturated heterocycles. The third-order valence-electron chi connectivity index (χ3n) is 6.26. The number of benzene rings is 2. The number of aryl methyl sites for hydroxylation is 1. The lowest BCUT2D eigenvalue weighted by Gasteiger charge is -2.33. The predicted molar refractivity (Wildman–Crippen MR) is 125 cm³/mol. The van der Waals surface area contributed by atoms with Crippen LogP contribution in [0.15, 0.2) is 60.9 Å². The van der Waals surface area contributed by atoms with Gasteiger partial charge in [0.1, 0.15) is 5.82 Å². The zero-order chi connectivity index (χ0) is 21.8. The molecule has 2 aromatic carbocycles. The summed E-state index contributed by atoms with van der Waals surface area (Å²) in [6.07, 6.45) is 6.35. The smallest absolute Gasteiger partial charge is 0.251 e. The molecule has 3 aromatic rings. The van der Waals surface area contributed by atoms with Crippen LogP contribution in [0.3, 0.4) is 0 Å². The van der Waals surface area contributed by atoms with Crippen LogP contribution in [0.4, 0.5) is 5.69 Å². The molecule has 162 valence electrons. The Kier molecular flexibility index (Phi) is 6.40. The molecule has 4 rings (SSSR count). The van der Waals surface area contributed by atoms with E-state index in [1.165, 1.54) is 18.5 Å². The minimum atomic E-state index is -0.0493. The van der Waals surface area contributed by atoms with Crippen molar-refractivity contribution in [1.82, 2.24) is 14.9 Å². The van der Waals surface area contributed by atoms with Crippen molar-refractivity contribution in [2.75, 3.05) is 18.0 Å². The van der Waals surface area contributed by atoms with E-state index in [4.69, 9.17) is 0 Å². The first kappa shape index (κ1) is 21.2. The average molecular weight is 417 g/mol. The number of amides is 1. The summed E-state index contributed by atoms with van der Waals surface area (Å²) in [7, 11) is 0. The highest BCUT2D eigenvalue weighted by atomic mass is 16.1. The predicted octanol–water partition coefficient (Wildman–Crippen LogP) is 4.97. The van der Waals surface area contributed by atoms with Gasteiger partial charge in [-0.25, -0.2) is 4.98 Å². The molecule has 0 unspecified atom stereocenters. The van der Waals surface area contributed by atoms with Gasteiger partial charge >= 0.3 is 0 Å². The highest BCUT2D eigenvalue weighted by Gasteiger charge is 2.17. The van der Waals surface area contributed by atoms with Crippen molar-refractivity contribution in [1.29, 1.82) is 0 Å². The maximum atomic E-state index is 12.7. The summed E-state index contributed by atoms with van der Waals surface area (Å²) in [5, 5.41) is 3.12. The molecular formula is C26H32N4O. The maximum Gasteiger partial charge on any atom is 0.251 e. The fraction of sp³-hybridized carbons (Fsp3) is 0.385. The van der Waals surface area contributed by atoms with E-state index in [1.54, 1.807) is 6.20 Å². The molecule has 1 aromatic heterocycles. The zero-order valence-electron chi connectivity index (χ0n) is 18.7. The molecule has 0 saturated carbocycles. The maximum absolute atomic E-state index is 12.7. The molecule has 2 heterocycles. The zero-order valence-corrected chi connectivity index (χ0v) is 18.7. The Morgan fingerprint density at radius 3 is 2.55 bits per heavy atom. The van der Waals surface area contributed by atoms with Crippen LogP contribution in [0, 0.1) is 12.8 Å². The molecule has 5 heteroatoms. The van der Waals surface area contributed by atoms with Crippen LogP contribution in [0.5, 0.6) is 0 Å². The molecule has 1 N–H and O–H groups in total. The van der Waals surface area contributed by atoms with Crippen LogP contribution in [0.1, 0.15) is 60.0 Å². The van der Waals surface area contributed by atoms with E-state index < -0.39 is 0 Å². The van der Waals surface area contributed by atoms with Crippen LogP contribution in [0.25, 0.3) is 0 Å². The molecule has 1 aliphatic rings. The molecule has 0 aliphatic carbocycles. The fourth-order valence-electron chi connectivity index (χ4n) is 4.29. The summed E-state index contributed by atoms with van der Waals surface area (Å²) >= 11 is 0. The number of nitrogens with one attached hydrogen (secondary N) is 1. The van der Waals surface area contributed by atoms with Crippen molar-refractivity contribution in [3.63, 3.8) is 0 Å². The third kappa shape index (κ3) is 5.16. The van der Waals surface area contributed by atoms with Gasteiger partial charge in [0.25, 0.3) is 5.91 Å². The first-order valence-corrected chi connectivity index (χ1v) is 11.2. The minimum Gasteiger partial charge on any atom is -0.371 e. The van der Waals surface area contributed by atoms with Crippen LogP contribution in [0.2, 0.25) is 0 Å². The number of carbonyl (C=O) groups is 1. The van der Waals surface area contributed by atoms with Crippen LogP contribution < -0.4 is 10.2 Å². The van der Waals surface area contributed by atoms with Gasteiger partial charge in [0, 0.05) is 43.3 Å². The summed E-state index contributed by atoms with van der Waals surface area (Å²) in [5.74, 6) is 1.69. The standard InChI is InChI=1S/C26H32N4O/c1-19-5-4-15-30(17-19)25-12-10-23(11-13-25)20(2)28-26(31)24-8-6-22(7-9-24)18-29-16-14-27-21(29)3/h6-14,16,19-20H,4-5,15,17-18H2,1-3H3,(H,28,31)/t19-,20+/m0/s1. The van der Waals surface area contributed by atoms with Gasteiger partial charge in [-0.1, -0.05) is 31.2 Å². The number of hydrogen-bond donors (Lipinski definition) is 1. The highest BCUT2D eigenvalue weighted by molar-refractivity contribution is 5.94. The Bertz CT molecular complexity index is 1010. The van der Waals surface area contributed by atoms with Gasteiger partial charge in [0.05, 0.1) is 6.04 Å². The molecule has 1 fully saturated rings. The Labute approximate surface area is 185 Å². The van der Waals surface area contributed by atoms with E-state index in [-0.39, 0.29) is 11.9 Å². The van der Waals surface area contributed by atoms with Crippen LogP contribution >= 0.6 is 0 Å². The van der Waals surface area contributed by atoms with Gasteiger partial charge in [0.15, 0.2) is 0 Å². The Hall–Kier alpha value is -3.08. The van der Waals surface area contributed by atoms with Gasteiger partial charge in [-0.05, 0) is 68.0 Å². The first-order valence-electron chi connectivity index (χ1n) is 11.2. The van der Waals surface area contributed by atoms with Crippen LogP contribution in [-0.2, 0) is 6.54 Å². The van der Waals surface area contributed by atoms with Crippen molar-refractivity contribution in [2.24, 2.45) is 5.92 Å². The molecule has 0 bridgehead atoms. The van der Waals surface area contributed by atoms with Crippen molar-refractivity contribution < 1.29 is 4.79 Å². The van der Waals surface area contributed by atoms with Gasteiger partial charge in [0.2, 0.25) is 0 Å². The molecule has 1 amide bonds. The van der Waals surface area contributed by atoms with Gasteiger partial charge in [-0.2, -0.15) is 0 Å². The summed E-state index contributed by atoms with van der Waals surface area (Å²) < 4.78 is 2.09. The third-order valence-corrected chi connectivity index (χ3v) is 6.26. The number of piperidine rings is 1. The number of nitrogens with zero attached hydrogens (tertiary/aromatic N) is 3. The first-order chi connectivity index (χ1) is 15.0. The second-order valence-corrected chi connectivity index (χ2v) is 8.78. The topological polar surface area (TPSA) is 50.2 Å². The molecule has 0 spiro atoms. The average Bonchev–Trinajstić information content (AvgIpc) is 3.18. The Morgan fingerprint density at radius 1 is 1.16 bits per heavy atom. The number of carbonyl (C=O) groups excluding carboxylic acids is 1. The number of rotatable bonds is 6. The number of anilines is 1. The number of hydrogen-bond acceptors (Lipinski definition) is 3. The number of imidazole rings is 1. The van der Waals surface area contributed by atoms with E-state index >= 15 is 0 Å². The lowest BCUT2D eigenvalue weighted by atomic mass is 9.99. The van der Waals surface area contributed by atoms with Gasteiger partial charge in [-0.15, -0.1) is 0 Å². The van der Waals surface area contributed by atoms with E-state index in [1.807, 2.05) is 44.3 Å². The molecule has 2 atom stereocenters. The summed E-state index contributed by atoms with van der Waals surface area (Å²) in [6.45, 7) is 9.36. The fourth-order valence-corrected chi connectivity index (χ4v) is 4.29. The minimum absolute atomic E-state index is 0.0462. The lowest BCUT2D eigenvalue weighted by molar-refractivity contribution is 0.0940. The van der Waals surface area contributed by atoms with E-state index in [0.717, 1.165) is 42.5 Å². The van der Waals surface area contributed by atoms with E-state index in [9.17, 15) is 4.79 Å². The summed E-state index contributed by atoms with van der Waals surface area (Å²) in [6, 6.07) is 16.4. The molecule has 1 aliphatic heterocycles. The molecular weight excluding hydrogens is 384 g/mol. The van der Waals surface area contributed by atoms with Crippen molar-refractivity contribution in [3.8, 4) is 0 Å². The Balaban J connectivity index is 1.35. The van der Waals surface area contributed by atoms with Crippen LogP contribution in [-0.4, -0.2) is 28.5 Å². The highest BCUT2D eigenvalue weighted by Crippen LogP contribution is 2.24. The van der Waals surface area contributed by atoms with Gasteiger partial charge in [-0.3, -0.25) is 4.79 Å². The van der Waals surface area contributed by atoms with Crippen molar-refractivity contribution in [2.45, 2.75) is 46.2 Å². The summed E-state index contributed by atoms with van der Waals surface area (Å²) in [5.41, 5.74) is 4.22. The van der Waals surface area contributed by atoms with Crippen molar-refractivity contribution >= 4 is 11.6 Å². The molecule has 5 nitrogen and oxygen atoms in total. The largest absolute Gasteiger partial charge is 0.371 e. The molecule has 0 radical (unpaired) electrons. The van der Waals surface area contributed by atoms with E-state index in [0.29, 0.717) is 5.56 Å². The van der Waals surface area contributed by atoms with Crippen molar-refractivity contribution in [3.05, 3.63) is 83.4 Å². The molecule has 31 heavy (non-hydrogen) atoms. The second kappa shape index (κ2) is 9.38. The normalized spacial score (nSPS) is 17.4. The van der Waals surface area contributed by atoms with E-state index in [2.05, 4.69) is 51.0 Å².